The van der Waals surface area contributed by atoms with E-state index in [2.05, 4.69) is 12.2 Å². The van der Waals surface area contributed by atoms with Crippen LogP contribution in [-0.4, -0.2) is 10.9 Å². The smallest absolute Gasteiger partial charge is 0.185 e. The highest BCUT2D eigenvalue weighted by Gasteiger charge is 1.96. The maximum absolute atomic E-state index is 10.7. The summed E-state index contributed by atoms with van der Waals surface area (Å²) in [7, 11) is 0. The Hall–Kier alpha value is -1.22. The van der Waals surface area contributed by atoms with Crippen molar-refractivity contribution in [3.63, 3.8) is 0 Å². The van der Waals surface area contributed by atoms with Crippen LogP contribution in [0.3, 0.4) is 0 Å². The number of hydrogen-bond donors (Lipinski definition) is 1. The van der Waals surface area contributed by atoms with Crippen molar-refractivity contribution in [2.75, 3.05) is 11.5 Å². The third kappa shape index (κ3) is 4.11. The number of allylic oxidation sites excluding steroid dienone is 1. The monoisotopic (exact) mass is 235 g/mol. The van der Waals surface area contributed by atoms with Crippen LogP contribution in [0.1, 0.15) is 24.5 Å². The normalized spacial score (nSPS) is 10.9. The van der Waals surface area contributed by atoms with E-state index in [0.717, 1.165) is 29.0 Å². The topological polar surface area (TPSA) is 43.1 Å². The molecule has 0 unspecified atom stereocenters. The molecule has 0 aliphatic heterocycles. The Morgan fingerprint density at radius 3 is 2.94 bits per heavy atom. The van der Waals surface area contributed by atoms with Crippen LogP contribution >= 0.6 is 11.8 Å². The number of rotatable bonds is 4. The summed E-state index contributed by atoms with van der Waals surface area (Å²) >= 11 is 1.36. The number of nitrogen functional groups attached to an aromatic ring is 1. The van der Waals surface area contributed by atoms with E-state index in [1.165, 1.54) is 11.8 Å². The first kappa shape index (κ1) is 12.8. The van der Waals surface area contributed by atoms with Gasteiger partial charge in [-0.05, 0) is 30.5 Å². The molecule has 0 atom stereocenters. The fraction of sp³-hybridized carbons (Fsp3) is 0.308. The summed E-state index contributed by atoms with van der Waals surface area (Å²) in [6.07, 6.45) is 5.04. The molecule has 2 N–H and O–H groups in total. The van der Waals surface area contributed by atoms with Crippen molar-refractivity contribution in [1.82, 2.24) is 0 Å². The van der Waals surface area contributed by atoms with Crippen LogP contribution in [0.25, 0.3) is 6.08 Å². The minimum absolute atomic E-state index is 0.175. The van der Waals surface area contributed by atoms with Gasteiger partial charge in [-0.3, -0.25) is 4.79 Å². The Morgan fingerprint density at radius 2 is 2.25 bits per heavy atom. The van der Waals surface area contributed by atoms with Crippen LogP contribution in [0.2, 0.25) is 0 Å². The third-order valence-electron chi connectivity index (χ3n) is 2.30. The maximum Gasteiger partial charge on any atom is 0.185 e. The van der Waals surface area contributed by atoms with E-state index >= 15 is 0 Å². The molecule has 0 aliphatic carbocycles. The molecule has 0 fully saturated rings. The predicted molar refractivity (Wildman–Crippen MR) is 72.4 cm³/mol. The molecule has 0 heterocycles. The average molecular weight is 235 g/mol. The molecule has 0 amide bonds. The fourth-order valence-corrected chi connectivity index (χ4v) is 1.88. The standard InChI is InChI=1S/C13H17NOS/c1-10-12(7-5-8-13(10)14)6-3-4-9-16-11(2)15/h3,5-8H,4,9,14H2,1-2H3. The molecule has 0 saturated heterocycles. The lowest BCUT2D eigenvalue weighted by atomic mass is 10.1. The number of benzene rings is 1. The highest BCUT2D eigenvalue weighted by Crippen LogP contribution is 2.17. The lowest BCUT2D eigenvalue weighted by Gasteiger charge is -2.03. The summed E-state index contributed by atoms with van der Waals surface area (Å²) in [5.41, 5.74) is 8.88. The molecular formula is C13H17NOS. The Balaban J connectivity index is 2.50. The van der Waals surface area contributed by atoms with Gasteiger partial charge in [0.2, 0.25) is 0 Å². The van der Waals surface area contributed by atoms with Crippen molar-refractivity contribution in [3.05, 3.63) is 35.4 Å². The molecule has 0 radical (unpaired) electrons. The number of carbonyl (C=O) groups excluding carboxylic acids is 1. The average Bonchev–Trinajstić information content (AvgIpc) is 2.23. The highest BCUT2D eigenvalue weighted by molar-refractivity contribution is 8.13. The zero-order valence-corrected chi connectivity index (χ0v) is 10.5. The van der Waals surface area contributed by atoms with E-state index in [-0.39, 0.29) is 5.12 Å². The van der Waals surface area contributed by atoms with E-state index < -0.39 is 0 Å². The van der Waals surface area contributed by atoms with Crippen LogP contribution in [-0.2, 0) is 4.79 Å². The summed E-state index contributed by atoms with van der Waals surface area (Å²) < 4.78 is 0. The van der Waals surface area contributed by atoms with Gasteiger partial charge in [0.15, 0.2) is 5.12 Å². The highest BCUT2D eigenvalue weighted by atomic mass is 32.2. The summed E-state index contributed by atoms with van der Waals surface area (Å²) in [5, 5.41) is 0.175. The van der Waals surface area contributed by atoms with Gasteiger partial charge in [-0.2, -0.15) is 0 Å². The maximum atomic E-state index is 10.7. The number of carbonyl (C=O) groups is 1. The van der Waals surface area contributed by atoms with Gasteiger partial charge in [-0.1, -0.05) is 36.0 Å². The van der Waals surface area contributed by atoms with Gasteiger partial charge in [0.05, 0.1) is 0 Å². The zero-order valence-electron chi connectivity index (χ0n) is 9.69. The number of nitrogens with two attached hydrogens (primary N) is 1. The van der Waals surface area contributed by atoms with Gasteiger partial charge in [-0.15, -0.1) is 0 Å². The molecule has 0 spiro atoms. The minimum Gasteiger partial charge on any atom is -0.398 e. The zero-order chi connectivity index (χ0) is 12.0. The molecular weight excluding hydrogens is 218 g/mol. The van der Waals surface area contributed by atoms with E-state index in [1.807, 2.05) is 25.1 Å². The Kier molecular flexibility index (Phi) is 5.12. The van der Waals surface area contributed by atoms with Crippen molar-refractivity contribution in [3.8, 4) is 0 Å². The molecule has 2 nitrogen and oxygen atoms in total. The second-order valence-electron chi connectivity index (χ2n) is 3.59. The molecule has 0 saturated carbocycles. The Morgan fingerprint density at radius 1 is 1.50 bits per heavy atom. The molecule has 16 heavy (non-hydrogen) atoms. The van der Waals surface area contributed by atoms with Crippen LogP contribution < -0.4 is 5.73 Å². The first-order valence-corrected chi connectivity index (χ1v) is 6.25. The van der Waals surface area contributed by atoms with E-state index in [9.17, 15) is 4.79 Å². The molecule has 0 aliphatic rings. The lowest BCUT2D eigenvalue weighted by Crippen LogP contribution is -1.91. The van der Waals surface area contributed by atoms with Crippen molar-refractivity contribution in [2.45, 2.75) is 20.3 Å². The summed E-state index contributed by atoms with van der Waals surface area (Å²) in [6.45, 7) is 3.61. The number of hydrogen-bond acceptors (Lipinski definition) is 3. The second-order valence-corrected chi connectivity index (χ2v) is 4.86. The molecule has 1 aromatic rings. The van der Waals surface area contributed by atoms with Crippen molar-refractivity contribution < 1.29 is 4.79 Å². The van der Waals surface area contributed by atoms with Gasteiger partial charge < -0.3 is 5.73 Å². The van der Waals surface area contributed by atoms with Gasteiger partial charge in [0.1, 0.15) is 0 Å². The molecule has 3 heteroatoms. The van der Waals surface area contributed by atoms with E-state index in [0.29, 0.717) is 0 Å². The Bertz CT molecular complexity index is 399. The predicted octanol–water partition coefficient (Wildman–Crippen LogP) is 3.26. The van der Waals surface area contributed by atoms with E-state index in [1.54, 1.807) is 6.92 Å². The van der Waals surface area contributed by atoms with Gasteiger partial charge in [-0.25, -0.2) is 0 Å². The lowest BCUT2D eigenvalue weighted by molar-refractivity contribution is -0.109. The van der Waals surface area contributed by atoms with Crippen LogP contribution in [0.5, 0.6) is 0 Å². The van der Waals surface area contributed by atoms with Gasteiger partial charge in [0, 0.05) is 18.4 Å². The Labute approximate surface area is 101 Å². The molecule has 0 aromatic heterocycles. The van der Waals surface area contributed by atoms with Crippen molar-refractivity contribution in [2.24, 2.45) is 0 Å². The molecule has 1 aromatic carbocycles. The largest absolute Gasteiger partial charge is 0.398 e. The van der Waals surface area contributed by atoms with Gasteiger partial charge >= 0.3 is 0 Å². The van der Waals surface area contributed by atoms with Crippen LogP contribution in [0, 0.1) is 6.92 Å². The fourth-order valence-electron chi connectivity index (χ4n) is 1.33. The first-order valence-electron chi connectivity index (χ1n) is 5.26. The second kappa shape index (κ2) is 6.38. The molecule has 0 bridgehead atoms. The molecule has 86 valence electrons. The number of thioether (sulfide) groups is 1. The van der Waals surface area contributed by atoms with Crippen molar-refractivity contribution in [1.29, 1.82) is 0 Å². The SMILES string of the molecule is CC(=O)SCCC=Cc1cccc(N)c1C. The van der Waals surface area contributed by atoms with E-state index in [4.69, 9.17) is 5.73 Å². The summed E-state index contributed by atoms with van der Waals surface area (Å²) in [6, 6.07) is 5.89. The van der Waals surface area contributed by atoms with Crippen LogP contribution in [0.4, 0.5) is 5.69 Å². The summed E-state index contributed by atoms with van der Waals surface area (Å²) in [4.78, 5) is 10.7. The minimum atomic E-state index is 0.175. The quantitative estimate of drug-likeness (QED) is 0.643. The third-order valence-corrected chi connectivity index (χ3v) is 3.15. The van der Waals surface area contributed by atoms with Crippen molar-refractivity contribution >= 4 is 28.6 Å². The van der Waals surface area contributed by atoms with Crippen LogP contribution in [0.15, 0.2) is 24.3 Å². The summed E-state index contributed by atoms with van der Waals surface area (Å²) in [5.74, 6) is 0.840. The van der Waals surface area contributed by atoms with Gasteiger partial charge in [0.25, 0.3) is 0 Å². The molecule has 1 rings (SSSR count). The number of anilines is 1. The first-order chi connectivity index (χ1) is 7.61.